The van der Waals surface area contributed by atoms with Crippen molar-refractivity contribution in [3.8, 4) is 0 Å². The highest BCUT2D eigenvalue weighted by molar-refractivity contribution is 6.04. The Bertz CT molecular complexity index is 620. The van der Waals surface area contributed by atoms with Crippen LogP contribution in [0.15, 0.2) is 16.5 Å². The van der Waals surface area contributed by atoms with Gasteiger partial charge in [-0.3, -0.25) is 14.5 Å². The molecule has 7 nitrogen and oxygen atoms in total. The summed E-state index contributed by atoms with van der Waals surface area (Å²) in [7, 11) is 1.63. The van der Waals surface area contributed by atoms with E-state index in [1.165, 1.54) is 4.90 Å². The number of carbonyl (C=O) groups is 3. The van der Waals surface area contributed by atoms with E-state index in [1.807, 2.05) is 13.0 Å². The number of nitrogens with zero attached hydrogens (tertiary/aromatic N) is 3. The van der Waals surface area contributed by atoms with Crippen molar-refractivity contribution in [3.63, 3.8) is 0 Å². The lowest BCUT2D eigenvalue weighted by Crippen LogP contribution is -2.42. The van der Waals surface area contributed by atoms with E-state index in [1.54, 1.807) is 18.0 Å². The maximum absolute atomic E-state index is 12.2. The fraction of sp³-hybridized carbons (Fsp3) is 0.533. The Kier molecular flexibility index (Phi) is 3.64. The predicted molar refractivity (Wildman–Crippen MR) is 76.8 cm³/mol. The van der Waals surface area contributed by atoms with Crippen LogP contribution in [-0.4, -0.2) is 58.7 Å². The van der Waals surface area contributed by atoms with Crippen LogP contribution in [0.5, 0.6) is 0 Å². The van der Waals surface area contributed by atoms with E-state index in [4.69, 9.17) is 4.42 Å². The number of furan rings is 1. The standard InChI is InChI=1S/C15H19N3O4/c1-10-3-6-12(22-10)7-16(2)13(19)8-18-14(20)9-17(15(18)21)11-4-5-11/h3,6,11H,4-5,7-9H2,1-2H3. The molecule has 0 aromatic carbocycles. The maximum atomic E-state index is 12.2. The number of aryl methyl sites for hydroxylation is 1. The third-order valence-electron chi connectivity index (χ3n) is 3.98. The minimum absolute atomic E-state index is 0.0951. The molecule has 22 heavy (non-hydrogen) atoms. The molecule has 118 valence electrons. The lowest BCUT2D eigenvalue weighted by molar-refractivity contribution is -0.136. The summed E-state index contributed by atoms with van der Waals surface area (Å²) < 4.78 is 5.42. The summed E-state index contributed by atoms with van der Waals surface area (Å²) in [5, 5.41) is 0. The van der Waals surface area contributed by atoms with E-state index in [0.717, 1.165) is 23.5 Å². The molecule has 2 heterocycles. The molecule has 3 rings (SSSR count). The molecular formula is C15H19N3O4. The molecule has 1 aromatic heterocycles. The number of carbonyl (C=O) groups excluding carboxylic acids is 3. The minimum Gasteiger partial charge on any atom is -0.464 e. The van der Waals surface area contributed by atoms with Gasteiger partial charge in [0.15, 0.2) is 0 Å². The van der Waals surface area contributed by atoms with Crippen LogP contribution in [0.1, 0.15) is 24.4 Å². The third kappa shape index (κ3) is 2.84. The summed E-state index contributed by atoms with van der Waals surface area (Å²) >= 11 is 0. The molecule has 1 aromatic rings. The molecule has 7 heteroatoms. The average molecular weight is 305 g/mol. The zero-order valence-corrected chi connectivity index (χ0v) is 12.7. The highest BCUT2D eigenvalue weighted by Gasteiger charge is 2.44. The molecule has 2 fully saturated rings. The van der Waals surface area contributed by atoms with E-state index in [9.17, 15) is 14.4 Å². The van der Waals surface area contributed by atoms with Crippen LogP contribution in [0.4, 0.5) is 4.79 Å². The average Bonchev–Trinajstić information content (AvgIpc) is 3.18. The van der Waals surface area contributed by atoms with Crippen LogP contribution < -0.4 is 0 Å². The smallest absolute Gasteiger partial charge is 0.327 e. The normalized spacial score (nSPS) is 18.3. The van der Waals surface area contributed by atoms with Crippen LogP contribution in [-0.2, 0) is 16.1 Å². The van der Waals surface area contributed by atoms with Crippen LogP contribution in [0.3, 0.4) is 0 Å². The van der Waals surface area contributed by atoms with Gasteiger partial charge in [0.2, 0.25) is 5.91 Å². The summed E-state index contributed by atoms with van der Waals surface area (Å²) in [5.74, 6) is 0.869. The molecule has 1 aliphatic carbocycles. The number of likely N-dealkylation sites (N-methyl/N-ethyl adjacent to an activating group) is 1. The van der Waals surface area contributed by atoms with E-state index >= 15 is 0 Å². The van der Waals surface area contributed by atoms with Gasteiger partial charge in [0.25, 0.3) is 5.91 Å². The maximum Gasteiger partial charge on any atom is 0.327 e. The highest BCUT2D eigenvalue weighted by atomic mass is 16.3. The molecule has 0 spiro atoms. The second kappa shape index (κ2) is 5.47. The van der Waals surface area contributed by atoms with Crippen LogP contribution in [0.25, 0.3) is 0 Å². The zero-order chi connectivity index (χ0) is 15.9. The summed E-state index contributed by atoms with van der Waals surface area (Å²) in [6.07, 6.45) is 1.89. The first-order valence-electron chi connectivity index (χ1n) is 7.36. The van der Waals surface area contributed by atoms with Gasteiger partial charge in [-0.05, 0) is 31.9 Å². The van der Waals surface area contributed by atoms with Crippen LogP contribution in [0.2, 0.25) is 0 Å². The van der Waals surface area contributed by atoms with E-state index in [2.05, 4.69) is 0 Å². The molecule has 0 N–H and O–H groups in total. The summed E-state index contributed by atoms with van der Waals surface area (Å²) in [4.78, 5) is 40.4. The Morgan fingerprint density at radius 3 is 2.68 bits per heavy atom. The Hall–Kier alpha value is -2.31. The fourth-order valence-corrected chi connectivity index (χ4v) is 2.54. The first kappa shape index (κ1) is 14.6. The molecule has 1 saturated carbocycles. The van der Waals surface area contributed by atoms with E-state index in [0.29, 0.717) is 12.3 Å². The third-order valence-corrected chi connectivity index (χ3v) is 3.98. The summed E-state index contributed by atoms with van der Waals surface area (Å²) in [6.45, 7) is 2.03. The van der Waals surface area contributed by atoms with E-state index in [-0.39, 0.29) is 37.0 Å². The van der Waals surface area contributed by atoms with Gasteiger partial charge in [-0.15, -0.1) is 0 Å². The van der Waals surface area contributed by atoms with Crippen molar-refractivity contribution < 1.29 is 18.8 Å². The number of urea groups is 1. The number of imide groups is 1. The van der Waals surface area contributed by atoms with Gasteiger partial charge in [-0.2, -0.15) is 0 Å². The van der Waals surface area contributed by atoms with Gasteiger partial charge < -0.3 is 14.2 Å². The van der Waals surface area contributed by atoms with Gasteiger partial charge in [0.05, 0.1) is 6.54 Å². The number of hydrogen-bond acceptors (Lipinski definition) is 4. The van der Waals surface area contributed by atoms with Crippen LogP contribution in [0, 0.1) is 6.92 Å². The summed E-state index contributed by atoms with van der Waals surface area (Å²) in [5.41, 5.74) is 0. The molecule has 1 aliphatic heterocycles. The van der Waals surface area contributed by atoms with Gasteiger partial charge in [0.1, 0.15) is 24.6 Å². The van der Waals surface area contributed by atoms with E-state index < -0.39 is 0 Å². The molecule has 0 radical (unpaired) electrons. The second-order valence-electron chi connectivity index (χ2n) is 5.88. The van der Waals surface area contributed by atoms with Crippen molar-refractivity contribution >= 4 is 17.8 Å². The minimum atomic E-state index is -0.344. The Morgan fingerprint density at radius 2 is 2.09 bits per heavy atom. The van der Waals surface area contributed by atoms with Gasteiger partial charge >= 0.3 is 6.03 Å². The van der Waals surface area contributed by atoms with Crippen molar-refractivity contribution in [1.29, 1.82) is 0 Å². The first-order valence-corrected chi connectivity index (χ1v) is 7.36. The second-order valence-corrected chi connectivity index (χ2v) is 5.88. The Morgan fingerprint density at radius 1 is 1.36 bits per heavy atom. The number of hydrogen-bond donors (Lipinski definition) is 0. The molecule has 4 amide bonds. The van der Waals surface area contributed by atoms with Crippen molar-refractivity contribution in [2.24, 2.45) is 0 Å². The lowest BCUT2D eigenvalue weighted by Gasteiger charge is -2.20. The van der Waals surface area contributed by atoms with Crippen molar-refractivity contribution in [3.05, 3.63) is 23.7 Å². The van der Waals surface area contributed by atoms with Gasteiger partial charge in [-0.25, -0.2) is 4.79 Å². The Balaban J connectivity index is 1.58. The van der Waals surface area contributed by atoms with Crippen molar-refractivity contribution in [2.75, 3.05) is 20.1 Å². The number of rotatable bonds is 5. The SMILES string of the molecule is Cc1ccc(CN(C)C(=O)CN2C(=O)CN(C3CC3)C2=O)o1. The van der Waals surface area contributed by atoms with Crippen molar-refractivity contribution in [1.82, 2.24) is 14.7 Å². The molecular weight excluding hydrogens is 286 g/mol. The quantitative estimate of drug-likeness (QED) is 0.760. The topological polar surface area (TPSA) is 74.1 Å². The largest absolute Gasteiger partial charge is 0.464 e. The lowest BCUT2D eigenvalue weighted by atomic mass is 10.4. The number of amides is 4. The molecule has 0 unspecified atom stereocenters. The highest BCUT2D eigenvalue weighted by Crippen LogP contribution is 2.30. The monoisotopic (exact) mass is 305 g/mol. The molecule has 0 atom stereocenters. The predicted octanol–water partition coefficient (Wildman–Crippen LogP) is 0.973. The zero-order valence-electron chi connectivity index (χ0n) is 12.7. The molecule has 0 bridgehead atoms. The Labute approximate surface area is 128 Å². The van der Waals surface area contributed by atoms with Crippen LogP contribution >= 0.6 is 0 Å². The molecule has 2 aliphatic rings. The molecule has 1 saturated heterocycles. The first-order chi connectivity index (χ1) is 10.5. The van der Waals surface area contributed by atoms with Crippen molar-refractivity contribution in [2.45, 2.75) is 32.4 Å². The summed E-state index contributed by atoms with van der Waals surface area (Å²) in [6, 6.07) is 3.47. The van der Waals surface area contributed by atoms with Gasteiger partial charge in [-0.1, -0.05) is 0 Å². The fourth-order valence-electron chi connectivity index (χ4n) is 2.54. The van der Waals surface area contributed by atoms with Gasteiger partial charge in [0, 0.05) is 13.1 Å².